The van der Waals surface area contributed by atoms with Crippen LogP contribution in [0.25, 0.3) is 11.0 Å². The normalized spacial score (nSPS) is 23.6. The molecule has 1 N–H and O–H groups in total. The van der Waals surface area contributed by atoms with Crippen molar-refractivity contribution in [2.45, 2.75) is 46.1 Å². The first-order valence-electron chi connectivity index (χ1n) is 8.53. The number of hydrogen-bond acceptors (Lipinski definition) is 4. The van der Waals surface area contributed by atoms with Gasteiger partial charge in [0.1, 0.15) is 17.8 Å². The summed E-state index contributed by atoms with van der Waals surface area (Å²) in [7, 11) is 2.23. The fourth-order valence-electron chi connectivity index (χ4n) is 3.32. The molecule has 2 aliphatic heterocycles. The third-order valence-electron chi connectivity index (χ3n) is 4.69. The van der Waals surface area contributed by atoms with Crippen molar-refractivity contribution in [3.8, 4) is 0 Å². The Labute approximate surface area is 133 Å². The third kappa shape index (κ3) is 2.70. The van der Waals surface area contributed by atoms with Crippen LogP contribution in [0.2, 0.25) is 0 Å². The summed E-state index contributed by atoms with van der Waals surface area (Å²) >= 11 is 0. The van der Waals surface area contributed by atoms with Crippen molar-refractivity contribution < 1.29 is 0 Å². The van der Waals surface area contributed by atoms with Crippen molar-refractivity contribution in [3.05, 3.63) is 18.6 Å². The van der Waals surface area contributed by atoms with Crippen LogP contribution in [0.3, 0.4) is 0 Å². The second-order valence-corrected chi connectivity index (χ2v) is 5.50. The minimum absolute atomic E-state index is 0.410. The van der Waals surface area contributed by atoms with E-state index in [0.29, 0.717) is 5.54 Å². The predicted molar refractivity (Wildman–Crippen MR) is 93.4 cm³/mol. The molecular weight excluding hydrogens is 274 g/mol. The van der Waals surface area contributed by atoms with Crippen molar-refractivity contribution in [3.63, 3.8) is 0 Å². The minimum Gasteiger partial charge on any atom is -0.354 e. The quantitative estimate of drug-likeness (QED) is 0.878. The maximum Gasteiger partial charge on any atom is 0.142 e. The average Bonchev–Trinajstić information content (AvgIpc) is 3.25. The Bertz CT molecular complexity index is 594. The smallest absolute Gasteiger partial charge is 0.142 e. The van der Waals surface area contributed by atoms with E-state index < -0.39 is 0 Å². The molecule has 1 unspecified atom stereocenters. The molecule has 2 aromatic rings. The summed E-state index contributed by atoms with van der Waals surface area (Å²) in [5.41, 5.74) is 1.34. The molecule has 5 nitrogen and oxygen atoms in total. The second-order valence-electron chi connectivity index (χ2n) is 5.50. The van der Waals surface area contributed by atoms with Gasteiger partial charge in [-0.15, -0.1) is 0 Å². The lowest BCUT2D eigenvalue weighted by Gasteiger charge is -2.48. The van der Waals surface area contributed by atoms with Crippen LogP contribution in [0.15, 0.2) is 18.6 Å². The van der Waals surface area contributed by atoms with Gasteiger partial charge in [-0.3, -0.25) is 4.90 Å². The van der Waals surface area contributed by atoms with E-state index >= 15 is 0 Å². The van der Waals surface area contributed by atoms with E-state index in [1.807, 2.05) is 33.9 Å². The summed E-state index contributed by atoms with van der Waals surface area (Å²) in [6, 6.07) is 2.07. The first kappa shape index (κ1) is 16.7. The summed E-state index contributed by atoms with van der Waals surface area (Å²) < 4.78 is 0. The van der Waals surface area contributed by atoms with Gasteiger partial charge < -0.3 is 9.88 Å². The molecule has 1 atom stereocenters. The van der Waals surface area contributed by atoms with Crippen LogP contribution in [0, 0.1) is 0 Å². The highest BCUT2D eigenvalue weighted by Gasteiger charge is 2.47. The van der Waals surface area contributed by atoms with Crippen molar-refractivity contribution in [2.75, 3.05) is 31.6 Å². The van der Waals surface area contributed by atoms with Gasteiger partial charge in [0.15, 0.2) is 0 Å². The van der Waals surface area contributed by atoms with Gasteiger partial charge in [-0.05, 0) is 26.0 Å². The Kier molecular flexibility index (Phi) is 5.40. The highest BCUT2D eigenvalue weighted by Crippen LogP contribution is 2.39. The Morgan fingerprint density at radius 1 is 1.09 bits per heavy atom. The van der Waals surface area contributed by atoms with Crippen LogP contribution in [-0.4, -0.2) is 52.1 Å². The molecule has 0 aromatic carbocycles. The number of rotatable bonds is 1. The van der Waals surface area contributed by atoms with Crippen molar-refractivity contribution in [1.29, 1.82) is 0 Å². The van der Waals surface area contributed by atoms with Crippen molar-refractivity contribution in [2.24, 2.45) is 0 Å². The molecule has 2 saturated heterocycles. The molecule has 4 rings (SSSR count). The van der Waals surface area contributed by atoms with Gasteiger partial charge in [-0.2, -0.15) is 0 Å². The van der Waals surface area contributed by atoms with Gasteiger partial charge in [0.05, 0.1) is 5.39 Å². The maximum absolute atomic E-state index is 4.49. The molecule has 4 heterocycles. The van der Waals surface area contributed by atoms with Crippen molar-refractivity contribution >= 4 is 16.9 Å². The summed E-state index contributed by atoms with van der Waals surface area (Å²) in [4.78, 5) is 16.8. The molecule has 2 aromatic heterocycles. The number of aromatic nitrogens is 3. The number of likely N-dealkylation sites (tertiary alicyclic amines) is 1. The summed E-state index contributed by atoms with van der Waals surface area (Å²) in [5.74, 6) is 1.08. The van der Waals surface area contributed by atoms with E-state index in [4.69, 9.17) is 0 Å². The van der Waals surface area contributed by atoms with E-state index in [9.17, 15) is 0 Å². The standard InChI is InChI=1S/C13H17N5.2C2H6/c1-17-6-3-13(17)4-7-18(8-13)12-10-2-5-14-11(10)15-9-16-12;2*1-2/h2,5,9H,3-4,6-8H2,1H3,(H,14,15,16);2*1-2H3. The lowest BCUT2D eigenvalue weighted by Crippen LogP contribution is -2.59. The molecule has 1 spiro atoms. The molecule has 5 heteroatoms. The molecule has 0 aliphatic carbocycles. The zero-order valence-electron chi connectivity index (χ0n) is 14.6. The second kappa shape index (κ2) is 7.09. The van der Waals surface area contributed by atoms with E-state index in [-0.39, 0.29) is 0 Å². The number of nitrogens with one attached hydrogen (secondary N) is 1. The highest BCUT2D eigenvalue weighted by molar-refractivity contribution is 5.87. The Balaban J connectivity index is 0.000000410. The van der Waals surface area contributed by atoms with Crippen LogP contribution in [0.4, 0.5) is 5.82 Å². The highest BCUT2D eigenvalue weighted by atomic mass is 15.3. The molecule has 0 saturated carbocycles. The monoisotopic (exact) mass is 303 g/mol. The first-order chi connectivity index (χ1) is 10.8. The summed E-state index contributed by atoms with van der Waals surface area (Å²) in [6.45, 7) is 11.4. The minimum atomic E-state index is 0.410. The molecule has 0 bridgehead atoms. The van der Waals surface area contributed by atoms with Crippen molar-refractivity contribution in [1.82, 2.24) is 19.9 Å². The number of H-pyrrole nitrogens is 1. The number of fused-ring (bicyclic) bond motifs is 1. The first-order valence-corrected chi connectivity index (χ1v) is 8.53. The molecular formula is C17H29N5. The summed E-state index contributed by atoms with van der Waals surface area (Å²) in [6.07, 6.45) is 6.16. The molecule has 22 heavy (non-hydrogen) atoms. The van der Waals surface area contributed by atoms with Gasteiger partial charge in [0, 0.05) is 31.4 Å². The number of anilines is 1. The Morgan fingerprint density at radius 3 is 2.41 bits per heavy atom. The van der Waals surface area contributed by atoms with E-state index in [1.165, 1.54) is 19.4 Å². The SMILES string of the molecule is CC.CC.CN1CCC12CCN(c1ncnc3[nH]ccc13)C2. The van der Waals surface area contributed by atoms with Crippen LogP contribution >= 0.6 is 0 Å². The average molecular weight is 303 g/mol. The molecule has 2 aliphatic rings. The molecule has 2 fully saturated rings. The number of aromatic amines is 1. The number of hydrogen-bond donors (Lipinski definition) is 1. The lowest BCUT2D eigenvalue weighted by atomic mass is 9.85. The fourth-order valence-corrected chi connectivity index (χ4v) is 3.32. The van der Waals surface area contributed by atoms with Gasteiger partial charge in [-0.1, -0.05) is 27.7 Å². The van der Waals surface area contributed by atoms with E-state index in [1.54, 1.807) is 6.33 Å². The fraction of sp³-hybridized carbons (Fsp3) is 0.647. The predicted octanol–water partition coefficient (Wildman–Crippen LogP) is 3.29. The molecule has 0 amide bonds. The molecule has 122 valence electrons. The number of nitrogens with zero attached hydrogens (tertiary/aromatic N) is 4. The molecule has 0 radical (unpaired) electrons. The lowest BCUT2D eigenvalue weighted by molar-refractivity contribution is 0.0307. The Morgan fingerprint density at radius 2 is 1.82 bits per heavy atom. The third-order valence-corrected chi connectivity index (χ3v) is 4.69. The maximum atomic E-state index is 4.49. The zero-order chi connectivity index (χ0) is 16.2. The van der Waals surface area contributed by atoms with Crippen LogP contribution in [-0.2, 0) is 0 Å². The van der Waals surface area contributed by atoms with Gasteiger partial charge in [0.25, 0.3) is 0 Å². The largest absolute Gasteiger partial charge is 0.354 e. The summed E-state index contributed by atoms with van der Waals surface area (Å²) in [5, 5.41) is 1.14. The van der Waals surface area contributed by atoms with Crippen LogP contribution in [0.1, 0.15) is 40.5 Å². The zero-order valence-corrected chi connectivity index (χ0v) is 14.6. The van der Waals surface area contributed by atoms with Crippen LogP contribution in [0.5, 0.6) is 0 Å². The van der Waals surface area contributed by atoms with E-state index in [2.05, 4.69) is 37.9 Å². The van der Waals surface area contributed by atoms with Gasteiger partial charge in [-0.25, -0.2) is 9.97 Å². The topological polar surface area (TPSA) is 48.1 Å². The van der Waals surface area contributed by atoms with E-state index in [0.717, 1.165) is 29.9 Å². The number of likely N-dealkylation sites (N-methyl/N-ethyl adjacent to an activating group) is 1. The Hall–Kier alpha value is -1.62. The van der Waals surface area contributed by atoms with Gasteiger partial charge in [0.2, 0.25) is 0 Å². The van der Waals surface area contributed by atoms with Gasteiger partial charge >= 0.3 is 0 Å². The van der Waals surface area contributed by atoms with Crippen LogP contribution < -0.4 is 4.90 Å².